The molecule has 34 heavy (non-hydrogen) atoms. The van der Waals surface area contributed by atoms with Crippen LogP contribution in [0, 0.1) is 0 Å². The van der Waals surface area contributed by atoms with Crippen LogP contribution >= 0.6 is 0 Å². The Labute approximate surface area is 196 Å². The quantitative estimate of drug-likeness (QED) is 0.467. The van der Waals surface area contributed by atoms with Gasteiger partial charge < -0.3 is 23.4 Å². The molecule has 0 saturated heterocycles. The molecule has 0 fully saturated rings. The van der Waals surface area contributed by atoms with Crippen molar-refractivity contribution in [3.8, 4) is 17.2 Å². The minimum absolute atomic E-state index is 0.183. The second kappa shape index (κ2) is 10.1. The van der Waals surface area contributed by atoms with Crippen LogP contribution in [-0.4, -0.2) is 50.5 Å². The van der Waals surface area contributed by atoms with Gasteiger partial charge >= 0.3 is 5.97 Å². The van der Waals surface area contributed by atoms with Crippen LogP contribution in [0.15, 0.2) is 70.4 Å². The Balaban J connectivity index is 1.51. The molecule has 1 unspecified atom stereocenters. The van der Waals surface area contributed by atoms with Gasteiger partial charge in [0, 0.05) is 12.5 Å². The van der Waals surface area contributed by atoms with E-state index in [4.69, 9.17) is 23.4 Å². The lowest BCUT2D eigenvalue weighted by Crippen LogP contribution is -2.31. The number of ether oxygens (including phenoxy) is 4. The molecule has 0 radical (unpaired) electrons. The van der Waals surface area contributed by atoms with Crippen LogP contribution in [0.5, 0.6) is 17.2 Å². The molecular weight excluding hydrogens is 440 g/mol. The normalized spacial score (nSPS) is 15.0. The second-order valence-electron chi connectivity index (χ2n) is 7.39. The Hall–Kier alpha value is -4.27. The summed E-state index contributed by atoms with van der Waals surface area (Å²) in [7, 11) is 4.54. The molecule has 0 aliphatic carbocycles. The van der Waals surface area contributed by atoms with Crippen LogP contribution < -0.4 is 14.2 Å². The van der Waals surface area contributed by atoms with E-state index in [1.54, 1.807) is 37.6 Å². The van der Waals surface area contributed by atoms with Crippen molar-refractivity contribution in [3.63, 3.8) is 0 Å². The Kier molecular flexibility index (Phi) is 6.82. The maximum absolute atomic E-state index is 13.0. The van der Waals surface area contributed by atoms with Crippen molar-refractivity contribution in [2.45, 2.75) is 12.5 Å². The van der Waals surface area contributed by atoms with Crippen LogP contribution in [0.25, 0.3) is 0 Å². The molecule has 2 aromatic carbocycles. The first kappa shape index (κ1) is 22.9. The average molecular weight is 464 g/mol. The molecule has 4 rings (SSSR count). The number of benzene rings is 2. The van der Waals surface area contributed by atoms with E-state index in [1.165, 1.54) is 25.3 Å². The maximum atomic E-state index is 13.0. The van der Waals surface area contributed by atoms with Gasteiger partial charge in [-0.3, -0.25) is 4.79 Å². The standard InChI is InChI=1S/C25H24N2O7/c1-30-17-8-6-16(7-9-17)20-14-21(22-5-4-12-33-22)27(26-20)24(28)15-34-25(29)19-11-10-18(31-2)13-23(19)32-3/h4-13,21H,14-15H2,1-3H3. The first-order chi connectivity index (χ1) is 16.5. The number of carbonyl (C=O) groups excluding carboxylic acids is 2. The van der Waals surface area contributed by atoms with Gasteiger partial charge in [0.15, 0.2) is 6.61 Å². The van der Waals surface area contributed by atoms with Gasteiger partial charge in [0.1, 0.15) is 34.6 Å². The number of hydrogen-bond acceptors (Lipinski definition) is 8. The van der Waals surface area contributed by atoms with E-state index in [2.05, 4.69) is 5.10 Å². The maximum Gasteiger partial charge on any atom is 0.342 e. The summed E-state index contributed by atoms with van der Waals surface area (Å²) in [5, 5.41) is 5.83. The SMILES string of the molecule is COc1ccc(C2=NN(C(=O)COC(=O)c3ccc(OC)cc3OC)C(c3ccco3)C2)cc1. The van der Waals surface area contributed by atoms with Crippen LogP contribution in [0.2, 0.25) is 0 Å². The summed E-state index contributed by atoms with van der Waals surface area (Å²) in [4.78, 5) is 25.7. The molecule has 0 spiro atoms. The molecule has 3 aromatic rings. The fourth-order valence-corrected chi connectivity index (χ4v) is 3.64. The zero-order chi connectivity index (χ0) is 24.1. The number of nitrogens with zero attached hydrogens (tertiary/aromatic N) is 2. The van der Waals surface area contributed by atoms with Crippen molar-refractivity contribution in [3.05, 3.63) is 77.7 Å². The number of furan rings is 1. The number of esters is 1. The highest BCUT2D eigenvalue weighted by atomic mass is 16.5. The van der Waals surface area contributed by atoms with E-state index in [0.29, 0.717) is 23.6 Å². The van der Waals surface area contributed by atoms with E-state index in [-0.39, 0.29) is 11.3 Å². The van der Waals surface area contributed by atoms with Gasteiger partial charge in [0.25, 0.3) is 5.91 Å². The summed E-state index contributed by atoms with van der Waals surface area (Å²) in [6.07, 6.45) is 1.99. The van der Waals surface area contributed by atoms with Crippen molar-refractivity contribution in [1.29, 1.82) is 0 Å². The Morgan fingerprint density at radius 2 is 1.74 bits per heavy atom. The molecule has 1 amide bonds. The summed E-state index contributed by atoms with van der Waals surface area (Å²) in [5.74, 6) is 0.948. The number of amides is 1. The number of hydrazone groups is 1. The van der Waals surface area contributed by atoms with Crippen molar-refractivity contribution in [1.82, 2.24) is 5.01 Å². The fourth-order valence-electron chi connectivity index (χ4n) is 3.64. The largest absolute Gasteiger partial charge is 0.497 e. The van der Waals surface area contributed by atoms with Gasteiger partial charge in [-0.25, -0.2) is 9.80 Å². The predicted octanol–water partition coefficient (Wildman–Crippen LogP) is 3.84. The van der Waals surface area contributed by atoms with Crippen molar-refractivity contribution >= 4 is 17.6 Å². The molecule has 1 aromatic heterocycles. The van der Waals surface area contributed by atoms with Crippen LogP contribution in [-0.2, 0) is 9.53 Å². The molecular formula is C25H24N2O7. The Bertz CT molecular complexity index is 1190. The minimum atomic E-state index is -0.694. The third-order valence-electron chi connectivity index (χ3n) is 5.42. The molecule has 9 heteroatoms. The molecule has 176 valence electrons. The number of methoxy groups -OCH3 is 3. The molecule has 2 heterocycles. The highest BCUT2D eigenvalue weighted by Gasteiger charge is 2.35. The van der Waals surface area contributed by atoms with Crippen LogP contribution in [0.3, 0.4) is 0 Å². The predicted molar refractivity (Wildman–Crippen MR) is 122 cm³/mol. The Morgan fingerprint density at radius 3 is 2.38 bits per heavy atom. The van der Waals surface area contributed by atoms with Gasteiger partial charge in [-0.2, -0.15) is 5.10 Å². The van der Waals surface area contributed by atoms with Gasteiger partial charge in [-0.15, -0.1) is 0 Å². The molecule has 1 aliphatic heterocycles. The molecule has 0 saturated carbocycles. The lowest BCUT2D eigenvalue weighted by atomic mass is 10.0. The lowest BCUT2D eigenvalue weighted by Gasteiger charge is -2.19. The highest BCUT2D eigenvalue weighted by molar-refractivity contribution is 6.03. The summed E-state index contributed by atoms with van der Waals surface area (Å²) in [6, 6.07) is 15.2. The fraction of sp³-hybridized carbons (Fsp3) is 0.240. The minimum Gasteiger partial charge on any atom is -0.497 e. The van der Waals surface area contributed by atoms with Gasteiger partial charge in [0.2, 0.25) is 0 Å². The summed E-state index contributed by atoms with van der Waals surface area (Å²) in [6.45, 7) is -0.495. The van der Waals surface area contributed by atoms with Crippen molar-refractivity contribution in [2.75, 3.05) is 27.9 Å². The van der Waals surface area contributed by atoms with E-state index < -0.39 is 24.5 Å². The highest BCUT2D eigenvalue weighted by Crippen LogP contribution is 2.33. The molecule has 1 aliphatic rings. The Morgan fingerprint density at radius 1 is 1.00 bits per heavy atom. The number of carbonyl (C=O) groups is 2. The van der Waals surface area contributed by atoms with E-state index >= 15 is 0 Å². The van der Waals surface area contributed by atoms with E-state index in [9.17, 15) is 9.59 Å². The van der Waals surface area contributed by atoms with Crippen LogP contribution in [0.1, 0.15) is 34.1 Å². The first-order valence-corrected chi connectivity index (χ1v) is 10.5. The zero-order valence-electron chi connectivity index (χ0n) is 19.0. The van der Waals surface area contributed by atoms with E-state index in [0.717, 1.165) is 11.3 Å². The number of hydrogen-bond donors (Lipinski definition) is 0. The smallest absolute Gasteiger partial charge is 0.342 e. The molecule has 0 bridgehead atoms. The number of rotatable bonds is 8. The van der Waals surface area contributed by atoms with Crippen molar-refractivity contribution in [2.24, 2.45) is 5.10 Å². The van der Waals surface area contributed by atoms with Crippen LogP contribution in [0.4, 0.5) is 0 Å². The van der Waals surface area contributed by atoms with Gasteiger partial charge in [0.05, 0.1) is 33.3 Å². The third-order valence-corrected chi connectivity index (χ3v) is 5.42. The second-order valence-corrected chi connectivity index (χ2v) is 7.39. The van der Waals surface area contributed by atoms with E-state index in [1.807, 2.05) is 24.3 Å². The topological polar surface area (TPSA) is 99.8 Å². The third kappa shape index (κ3) is 4.73. The van der Waals surface area contributed by atoms with Gasteiger partial charge in [-0.05, 0) is 54.1 Å². The monoisotopic (exact) mass is 464 g/mol. The summed E-state index contributed by atoms with van der Waals surface area (Å²) >= 11 is 0. The lowest BCUT2D eigenvalue weighted by molar-refractivity contribution is -0.136. The molecule has 9 nitrogen and oxygen atoms in total. The van der Waals surface area contributed by atoms with Crippen molar-refractivity contribution < 1.29 is 33.0 Å². The first-order valence-electron chi connectivity index (χ1n) is 10.5. The summed E-state index contributed by atoms with van der Waals surface area (Å²) < 4.78 is 26.4. The van der Waals surface area contributed by atoms with Gasteiger partial charge in [-0.1, -0.05) is 0 Å². The molecule has 1 atom stereocenters. The molecule has 0 N–H and O–H groups in total. The summed E-state index contributed by atoms with van der Waals surface area (Å²) in [5.41, 5.74) is 1.75. The average Bonchev–Trinajstić information content (AvgIpc) is 3.57. The zero-order valence-corrected chi connectivity index (χ0v) is 19.0.